The first-order chi connectivity index (χ1) is 6.62. The van der Waals surface area contributed by atoms with Crippen LogP contribution in [0.25, 0.3) is 0 Å². The van der Waals surface area contributed by atoms with Gasteiger partial charge in [0, 0.05) is 21.4 Å². The molecule has 0 N–H and O–H groups in total. The van der Waals surface area contributed by atoms with Crippen LogP contribution in [0.1, 0.15) is 5.69 Å². The molecule has 15 heavy (non-hydrogen) atoms. The van der Waals surface area contributed by atoms with E-state index in [1.54, 1.807) is 0 Å². The predicted octanol–water partition coefficient (Wildman–Crippen LogP) is 2.79. The fourth-order valence-electron chi connectivity index (χ4n) is 0.819. The van der Waals surface area contributed by atoms with Crippen LogP contribution in [-0.4, -0.2) is 13.4 Å². The molecule has 0 radical (unpaired) electrons. The molecule has 0 aromatic carbocycles. The lowest BCUT2D eigenvalue weighted by Gasteiger charge is -2.09. The maximum atomic E-state index is 12.3. The van der Waals surface area contributed by atoms with Crippen LogP contribution >= 0.6 is 26.6 Å². The fraction of sp³-hybridized carbons (Fsp3) is 0.167. The van der Waals surface area contributed by atoms with Gasteiger partial charge in [0.15, 0.2) is 5.69 Å². The molecule has 0 fully saturated rings. The third-order valence-electron chi connectivity index (χ3n) is 1.35. The van der Waals surface area contributed by atoms with Crippen molar-refractivity contribution in [2.24, 2.45) is 0 Å². The molecular formula is C6H2BrClF3NO2S. The number of nitrogens with zero attached hydrogens (tertiary/aromatic N) is 1. The van der Waals surface area contributed by atoms with Gasteiger partial charge in [0.1, 0.15) is 4.90 Å². The Bertz CT molecular complexity index is 488. The maximum Gasteiger partial charge on any atom is 0.434 e. The highest BCUT2D eigenvalue weighted by atomic mass is 79.9. The fourth-order valence-corrected chi connectivity index (χ4v) is 2.32. The van der Waals surface area contributed by atoms with E-state index in [0.29, 0.717) is 0 Å². The van der Waals surface area contributed by atoms with E-state index in [4.69, 9.17) is 10.7 Å². The summed E-state index contributed by atoms with van der Waals surface area (Å²) in [6, 6.07) is 0.748. The molecule has 84 valence electrons. The number of alkyl halides is 3. The molecule has 0 saturated heterocycles. The summed E-state index contributed by atoms with van der Waals surface area (Å²) in [5, 5.41) is 0. The summed E-state index contributed by atoms with van der Waals surface area (Å²) in [7, 11) is 0.374. The summed E-state index contributed by atoms with van der Waals surface area (Å²) >= 11 is 2.80. The second-order valence-corrected chi connectivity index (χ2v) is 5.89. The van der Waals surface area contributed by atoms with Crippen molar-refractivity contribution < 1.29 is 21.6 Å². The lowest BCUT2D eigenvalue weighted by Crippen LogP contribution is -2.13. The van der Waals surface area contributed by atoms with Crippen molar-refractivity contribution in [1.82, 2.24) is 4.98 Å². The van der Waals surface area contributed by atoms with E-state index in [2.05, 4.69) is 20.9 Å². The molecular weight excluding hydrogens is 322 g/mol. The molecule has 0 amide bonds. The van der Waals surface area contributed by atoms with Gasteiger partial charge in [-0.05, 0) is 22.0 Å². The average molecular weight is 325 g/mol. The van der Waals surface area contributed by atoms with Crippen LogP contribution in [0.3, 0.4) is 0 Å². The van der Waals surface area contributed by atoms with Crippen molar-refractivity contribution in [2.45, 2.75) is 11.1 Å². The zero-order valence-corrected chi connectivity index (χ0v) is 9.87. The zero-order chi connectivity index (χ0) is 11.9. The highest BCUT2D eigenvalue weighted by Gasteiger charge is 2.38. The quantitative estimate of drug-likeness (QED) is 0.746. The summed E-state index contributed by atoms with van der Waals surface area (Å²) in [4.78, 5) is 1.92. The van der Waals surface area contributed by atoms with Crippen LogP contribution in [0, 0.1) is 0 Å². The lowest BCUT2D eigenvalue weighted by atomic mass is 10.3. The van der Waals surface area contributed by atoms with E-state index in [-0.39, 0.29) is 4.47 Å². The van der Waals surface area contributed by atoms with Crippen molar-refractivity contribution in [3.05, 3.63) is 22.4 Å². The highest BCUT2D eigenvalue weighted by Crippen LogP contribution is 2.34. The van der Waals surface area contributed by atoms with Gasteiger partial charge in [0.05, 0.1) is 0 Å². The van der Waals surface area contributed by atoms with Gasteiger partial charge in [-0.15, -0.1) is 0 Å². The molecule has 9 heteroatoms. The molecule has 0 spiro atoms. The van der Waals surface area contributed by atoms with Gasteiger partial charge in [-0.2, -0.15) is 13.2 Å². The first kappa shape index (κ1) is 12.7. The number of hydrogen-bond donors (Lipinski definition) is 0. The Morgan fingerprint density at radius 2 is 1.93 bits per heavy atom. The standard InChI is InChI=1S/C6H2BrClF3NO2S/c7-3-1-4(15(8,13)14)5(12-2-3)6(9,10)11/h1-2H. The maximum absolute atomic E-state index is 12.3. The highest BCUT2D eigenvalue weighted by molar-refractivity contribution is 9.10. The van der Waals surface area contributed by atoms with Gasteiger partial charge in [-0.1, -0.05) is 0 Å². The molecule has 0 atom stereocenters. The Balaban J connectivity index is 3.55. The minimum absolute atomic E-state index is 0.0923. The van der Waals surface area contributed by atoms with E-state index in [9.17, 15) is 21.6 Å². The minimum atomic E-state index is -4.86. The molecule has 3 nitrogen and oxygen atoms in total. The Morgan fingerprint density at radius 3 is 2.33 bits per heavy atom. The lowest BCUT2D eigenvalue weighted by molar-refractivity contribution is -0.143. The van der Waals surface area contributed by atoms with Gasteiger partial charge < -0.3 is 0 Å². The van der Waals surface area contributed by atoms with E-state index in [1.807, 2.05) is 0 Å². The SMILES string of the molecule is O=S(=O)(Cl)c1cc(Br)cnc1C(F)(F)F. The minimum Gasteiger partial charge on any atom is -0.249 e. The van der Waals surface area contributed by atoms with E-state index >= 15 is 0 Å². The molecule has 1 aromatic rings. The third kappa shape index (κ3) is 3.05. The van der Waals surface area contributed by atoms with Crippen molar-refractivity contribution >= 4 is 35.7 Å². The predicted molar refractivity (Wildman–Crippen MR) is 50.0 cm³/mol. The van der Waals surface area contributed by atoms with Crippen molar-refractivity contribution in [2.75, 3.05) is 0 Å². The normalized spacial score (nSPS) is 12.9. The molecule has 0 aliphatic carbocycles. The number of rotatable bonds is 1. The van der Waals surface area contributed by atoms with Crippen LogP contribution in [0.4, 0.5) is 13.2 Å². The first-order valence-electron chi connectivity index (χ1n) is 3.30. The van der Waals surface area contributed by atoms with Gasteiger partial charge in [-0.25, -0.2) is 13.4 Å². The summed E-state index contributed by atoms with van der Waals surface area (Å²) < 4.78 is 58.7. The Kier molecular flexibility index (Phi) is 3.32. The second-order valence-electron chi connectivity index (χ2n) is 2.44. The Morgan fingerprint density at radius 1 is 1.40 bits per heavy atom. The van der Waals surface area contributed by atoms with Crippen molar-refractivity contribution in [1.29, 1.82) is 0 Å². The summed E-state index contributed by atoms with van der Waals surface area (Å²) in [5.41, 5.74) is -1.53. The Labute approximate surface area is 95.8 Å². The summed E-state index contributed by atoms with van der Waals surface area (Å²) in [5.74, 6) is 0. The molecule has 0 bridgehead atoms. The topological polar surface area (TPSA) is 47.0 Å². The van der Waals surface area contributed by atoms with Crippen LogP contribution in [0.5, 0.6) is 0 Å². The number of pyridine rings is 1. The van der Waals surface area contributed by atoms with Crippen molar-refractivity contribution in [3.8, 4) is 0 Å². The van der Waals surface area contributed by atoms with E-state index in [0.717, 1.165) is 12.3 Å². The van der Waals surface area contributed by atoms with E-state index in [1.165, 1.54) is 0 Å². The van der Waals surface area contributed by atoms with Crippen LogP contribution < -0.4 is 0 Å². The summed E-state index contributed by atoms with van der Waals surface area (Å²) in [6.07, 6.45) is -4.02. The first-order valence-corrected chi connectivity index (χ1v) is 6.40. The molecule has 1 aromatic heterocycles. The number of hydrogen-bond acceptors (Lipinski definition) is 3. The van der Waals surface area contributed by atoms with Gasteiger partial charge in [-0.3, -0.25) is 0 Å². The van der Waals surface area contributed by atoms with Crippen LogP contribution in [0.15, 0.2) is 21.6 Å². The second kappa shape index (κ2) is 3.91. The molecule has 0 aliphatic rings. The van der Waals surface area contributed by atoms with Crippen LogP contribution in [0.2, 0.25) is 0 Å². The third-order valence-corrected chi connectivity index (χ3v) is 3.12. The Hall–Kier alpha value is -0.340. The molecule has 0 saturated carbocycles. The van der Waals surface area contributed by atoms with Crippen molar-refractivity contribution in [3.63, 3.8) is 0 Å². The van der Waals surface area contributed by atoms with Gasteiger partial charge in [0.25, 0.3) is 9.05 Å². The molecule has 1 heterocycles. The average Bonchev–Trinajstić information content (AvgIpc) is 2.00. The molecule has 0 aliphatic heterocycles. The molecule has 1 rings (SSSR count). The van der Waals surface area contributed by atoms with Gasteiger partial charge in [0.2, 0.25) is 0 Å². The van der Waals surface area contributed by atoms with E-state index < -0.39 is 25.8 Å². The monoisotopic (exact) mass is 323 g/mol. The van der Waals surface area contributed by atoms with Gasteiger partial charge >= 0.3 is 6.18 Å². The van der Waals surface area contributed by atoms with Crippen LogP contribution in [-0.2, 0) is 15.2 Å². The largest absolute Gasteiger partial charge is 0.434 e. The zero-order valence-electron chi connectivity index (χ0n) is 6.72. The number of aromatic nitrogens is 1. The smallest absolute Gasteiger partial charge is 0.249 e. The summed E-state index contributed by atoms with van der Waals surface area (Å²) in [6.45, 7) is 0. The number of halogens is 5. The molecule has 0 unspecified atom stereocenters.